The van der Waals surface area contributed by atoms with Gasteiger partial charge < -0.3 is 14.6 Å². The summed E-state index contributed by atoms with van der Waals surface area (Å²) in [5.41, 5.74) is 0. The molecule has 0 rings (SSSR count). The predicted octanol–water partition coefficient (Wildman–Crippen LogP) is 14.6. The summed E-state index contributed by atoms with van der Waals surface area (Å²) in [7, 11) is 0. The molecule has 0 aliphatic carbocycles. The molecule has 0 aliphatic heterocycles. The second-order valence-corrected chi connectivity index (χ2v) is 15.1. The second-order valence-electron chi connectivity index (χ2n) is 15.1. The van der Waals surface area contributed by atoms with Crippen LogP contribution in [0.3, 0.4) is 0 Å². The standard InChI is InChI=1S/C48H86O5/c1-3-5-7-9-11-13-15-17-19-21-22-23-24-25-26-27-29-31-33-35-37-39-41-43-48(51)53-46(44-49)45-52-47(50)42-40-38-36-34-32-30-28-20-18-16-14-12-10-8-6-4-2/h5,7,11,13,17,19,22-23,46,49H,3-4,6,8-10,12,14-16,18,20-21,24-45H2,1-2H3/b7-5-,13-11-,19-17-,23-22-. The van der Waals surface area contributed by atoms with Crippen molar-refractivity contribution in [2.24, 2.45) is 0 Å². The molecule has 0 saturated heterocycles. The van der Waals surface area contributed by atoms with Crippen molar-refractivity contribution in [1.82, 2.24) is 0 Å². The molecule has 0 radical (unpaired) electrons. The molecule has 308 valence electrons. The molecule has 0 fully saturated rings. The second kappa shape index (κ2) is 44.3. The highest BCUT2D eigenvalue weighted by atomic mass is 16.6. The summed E-state index contributed by atoms with van der Waals surface area (Å²) in [6, 6.07) is 0. The number of esters is 2. The molecule has 0 aromatic carbocycles. The summed E-state index contributed by atoms with van der Waals surface area (Å²) in [6.07, 6.45) is 56.1. The molecule has 0 amide bonds. The van der Waals surface area contributed by atoms with Crippen molar-refractivity contribution in [1.29, 1.82) is 0 Å². The average Bonchev–Trinajstić information content (AvgIpc) is 3.16. The van der Waals surface area contributed by atoms with Gasteiger partial charge in [-0.05, 0) is 51.4 Å². The quantitative estimate of drug-likeness (QED) is 0.0384. The van der Waals surface area contributed by atoms with Gasteiger partial charge in [0.25, 0.3) is 0 Å². The van der Waals surface area contributed by atoms with Gasteiger partial charge in [0.15, 0.2) is 6.10 Å². The van der Waals surface area contributed by atoms with E-state index in [2.05, 4.69) is 62.5 Å². The van der Waals surface area contributed by atoms with E-state index in [9.17, 15) is 14.7 Å². The van der Waals surface area contributed by atoms with Crippen molar-refractivity contribution in [2.45, 2.75) is 232 Å². The zero-order valence-corrected chi connectivity index (χ0v) is 35.0. The van der Waals surface area contributed by atoms with Crippen LogP contribution in [-0.4, -0.2) is 36.4 Å². The van der Waals surface area contributed by atoms with Crippen molar-refractivity contribution in [2.75, 3.05) is 13.2 Å². The Hall–Kier alpha value is -2.14. The Morgan fingerprint density at radius 1 is 0.453 bits per heavy atom. The fraction of sp³-hybridized carbons (Fsp3) is 0.792. The van der Waals surface area contributed by atoms with Gasteiger partial charge in [0.2, 0.25) is 0 Å². The third-order valence-electron chi connectivity index (χ3n) is 9.89. The first-order chi connectivity index (χ1) is 26.1. The fourth-order valence-corrected chi connectivity index (χ4v) is 6.49. The van der Waals surface area contributed by atoms with Crippen LogP contribution in [-0.2, 0) is 19.1 Å². The molecule has 1 N–H and O–H groups in total. The molecule has 53 heavy (non-hydrogen) atoms. The van der Waals surface area contributed by atoms with Gasteiger partial charge in [0.1, 0.15) is 6.61 Å². The number of ether oxygens (including phenoxy) is 2. The van der Waals surface area contributed by atoms with Crippen LogP contribution < -0.4 is 0 Å². The molecule has 1 atom stereocenters. The van der Waals surface area contributed by atoms with Crippen LogP contribution in [0, 0.1) is 0 Å². The zero-order chi connectivity index (χ0) is 38.6. The number of aliphatic hydroxyl groups is 1. The number of allylic oxidation sites excluding steroid dienone is 8. The van der Waals surface area contributed by atoms with E-state index in [1.54, 1.807) is 0 Å². The Balaban J connectivity index is 3.52. The van der Waals surface area contributed by atoms with Gasteiger partial charge in [-0.1, -0.05) is 210 Å². The van der Waals surface area contributed by atoms with Crippen molar-refractivity contribution in [3.63, 3.8) is 0 Å². The Kier molecular flexibility index (Phi) is 42.5. The van der Waals surface area contributed by atoms with Gasteiger partial charge in [-0.2, -0.15) is 0 Å². The van der Waals surface area contributed by atoms with Crippen molar-refractivity contribution in [3.05, 3.63) is 48.6 Å². The maximum Gasteiger partial charge on any atom is 0.306 e. The van der Waals surface area contributed by atoms with E-state index >= 15 is 0 Å². The predicted molar refractivity (Wildman–Crippen MR) is 228 cm³/mol. The van der Waals surface area contributed by atoms with Crippen LogP contribution >= 0.6 is 0 Å². The fourth-order valence-electron chi connectivity index (χ4n) is 6.49. The number of unbranched alkanes of at least 4 members (excludes halogenated alkanes) is 25. The molecule has 0 aromatic heterocycles. The lowest BCUT2D eigenvalue weighted by Gasteiger charge is -2.15. The van der Waals surface area contributed by atoms with E-state index in [0.29, 0.717) is 12.8 Å². The third-order valence-corrected chi connectivity index (χ3v) is 9.89. The molecule has 0 bridgehead atoms. The highest BCUT2D eigenvalue weighted by molar-refractivity contribution is 5.70. The van der Waals surface area contributed by atoms with Crippen LogP contribution in [0.25, 0.3) is 0 Å². The number of hydrogen-bond acceptors (Lipinski definition) is 5. The number of carbonyl (C=O) groups is 2. The minimum Gasteiger partial charge on any atom is -0.462 e. The number of rotatable bonds is 41. The van der Waals surface area contributed by atoms with Gasteiger partial charge in [-0.15, -0.1) is 0 Å². The Bertz CT molecular complexity index is 888. The molecule has 0 spiro atoms. The van der Waals surface area contributed by atoms with Crippen molar-refractivity contribution in [3.8, 4) is 0 Å². The third kappa shape index (κ3) is 42.5. The Morgan fingerprint density at radius 2 is 0.811 bits per heavy atom. The van der Waals surface area contributed by atoms with Gasteiger partial charge in [-0.25, -0.2) is 0 Å². The summed E-state index contributed by atoms with van der Waals surface area (Å²) in [4.78, 5) is 24.4. The molecule has 0 heterocycles. The van der Waals surface area contributed by atoms with E-state index in [4.69, 9.17) is 9.47 Å². The van der Waals surface area contributed by atoms with Crippen LogP contribution in [0.4, 0.5) is 0 Å². The van der Waals surface area contributed by atoms with E-state index in [1.807, 2.05) is 0 Å². The summed E-state index contributed by atoms with van der Waals surface area (Å²) in [5.74, 6) is -0.588. The molecular weight excluding hydrogens is 657 g/mol. The van der Waals surface area contributed by atoms with Gasteiger partial charge >= 0.3 is 11.9 Å². The summed E-state index contributed by atoms with van der Waals surface area (Å²) >= 11 is 0. The van der Waals surface area contributed by atoms with E-state index in [-0.39, 0.29) is 25.2 Å². The topological polar surface area (TPSA) is 72.8 Å². The largest absolute Gasteiger partial charge is 0.462 e. The number of hydrogen-bond donors (Lipinski definition) is 1. The zero-order valence-electron chi connectivity index (χ0n) is 35.0. The summed E-state index contributed by atoms with van der Waals surface area (Å²) in [6.45, 7) is 4.04. The number of aliphatic hydroxyl groups excluding tert-OH is 1. The van der Waals surface area contributed by atoms with Crippen LogP contribution in [0.1, 0.15) is 226 Å². The minimum absolute atomic E-state index is 0.0651. The lowest BCUT2D eigenvalue weighted by molar-refractivity contribution is -0.161. The van der Waals surface area contributed by atoms with Gasteiger partial charge in [-0.3, -0.25) is 9.59 Å². The number of carbonyl (C=O) groups excluding carboxylic acids is 2. The minimum atomic E-state index is -0.772. The maximum absolute atomic E-state index is 12.2. The van der Waals surface area contributed by atoms with Crippen molar-refractivity contribution >= 4 is 11.9 Å². The Labute approximate surface area is 328 Å². The first-order valence-corrected chi connectivity index (χ1v) is 22.7. The summed E-state index contributed by atoms with van der Waals surface area (Å²) < 4.78 is 10.6. The average molecular weight is 743 g/mol. The first-order valence-electron chi connectivity index (χ1n) is 22.7. The molecule has 5 heteroatoms. The van der Waals surface area contributed by atoms with E-state index in [1.165, 1.54) is 135 Å². The molecule has 0 aliphatic rings. The SMILES string of the molecule is CC/C=C\C/C=C\C/C=C\C/C=C\CCCCCCCCCCCCC(=O)OC(CO)COC(=O)CCCCCCCCCCCCCCCCCC. The lowest BCUT2D eigenvalue weighted by atomic mass is 10.0. The van der Waals surface area contributed by atoms with Gasteiger partial charge in [0, 0.05) is 12.8 Å². The molecule has 0 aromatic rings. The highest BCUT2D eigenvalue weighted by Crippen LogP contribution is 2.15. The summed E-state index contributed by atoms with van der Waals surface area (Å²) in [5, 5.41) is 9.59. The van der Waals surface area contributed by atoms with E-state index < -0.39 is 6.10 Å². The molecular formula is C48H86O5. The molecule has 1 unspecified atom stereocenters. The van der Waals surface area contributed by atoms with E-state index in [0.717, 1.165) is 64.2 Å². The lowest BCUT2D eigenvalue weighted by Crippen LogP contribution is -2.28. The molecule has 0 saturated carbocycles. The van der Waals surface area contributed by atoms with Crippen LogP contribution in [0.15, 0.2) is 48.6 Å². The maximum atomic E-state index is 12.2. The molecule has 5 nitrogen and oxygen atoms in total. The monoisotopic (exact) mass is 743 g/mol. The normalized spacial score (nSPS) is 12.6. The highest BCUT2D eigenvalue weighted by Gasteiger charge is 2.16. The van der Waals surface area contributed by atoms with Crippen LogP contribution in [0.2, 0.25) is 0 Å². The van der Waals surface area contributed by atoms with Crippen LogP contribution in [0.5, 0.6) is 0 Å². The smallest absolute Gasteiger partial charge is 0.306 e. The first kappa shape index (κ1) is 50.9. The Morgan fingerprint density at radius 3 is 1.23 bits per heavy atom. The van der Waals surface area contributed by atoms with Crippen molar-refractivity contribution < 1.29 is 24.2 Å². The van der Waals surface area contributed by atoms with Gasteiger partial charge in [0.05, 0.1) is 6.61 Å².